The maximum Gasteiger partial charge on any atom is 0.248 e. The Morgan fingerprint density at radius 1 is 1.07 bits per heavy atom. The van der Waals surface area contributed by atoms with Gasteiger partial charge < -0.3 is 5.32 Å². The molecular formula is C21H17BrN6OS. The first-order valence-electron chi connectivity index (χ1n) is 9.12. The predicted octanol–water partition coefficient (Wildman–Crippen LogP) is 4.43. The minimum absolute atomic E-state index is 0.0174. The van der Waals surface area contributed by atoms with E-state index in [1.165, 1.54) is 4.80 Å². The third-order valence-corrected chi connectivity index (χ3v) is 5.62. The summed E-state index contributed by atoms with van der Waals surface area (Å²) in [7, 11) is 0. The summed E-state index contributed by atoms with van der Waals surface area (Å²) in [6.45, 7) is -0.0174. The quantitative estimate of drug-likeness (QED) is 0.393. The van der Waals surface area contributed by atoms with Crippen molar-refractivity contribution in [2.45, 2.75) is 17.3 Å². The minimum atomic E-state index is -0.218. The van der Waals surface area contributed by atoms with Gasteiger partial charge in [-0.1, -0.05) is 34.1 Å². The van der Waals surface area contributed by atoms with Gasteiger partial charge in [-0.3, -0.25) is 4.79 Å². The van der Waals surface area contributed by atoms with Gasteiger partial charge in [0.15, 0.2) is 0 Å². The lowest BCUT2D eigenvalue weighted by atomic mass is 10.2. The molecule has 0 atom stereocenters. The summed E-state index contributed by atoms with van der Waals surface area (Å²) < 4.78 is 0.971. The van der Waals surface area contributed by atoms with E-state index in [0.717, 1.165) is 32.1 Å². The number of aromatic nitrogens is 5. The Bertz CT molecular complexity index is 1130. The number of hydrogen-bond donors (Lipinski definition) is 1. The normalized spacial score (nSPS) is 10.7. The molecule has 9 heteroatoms. The number of pyridine rings is 1. The van der Waals surface area contributed by atoms with Crippen LogP contribution in [0.2, 0.25) is 0 Å². The molecule has 30 heavy (non-hydrogen) atoms. The first kappa shape index (κ1) is 20.2. The highest BCUT2D eigenvalue weighted by atomic mass is 79.9. The second-order valence-electron chi connectivity index (χ2n) is 6.36. The maximum absolute atomic E-state index is 12.4. The molecule has 1 amide bonds. The van der Waals surface area contributed by atoms with Crippen LogP contribution in [0.4, 0.5) is 5.69 Å². The maximum atomic E-state index is 12.4. The molecule has 2 heterocycles. The predicted molar refractivity (Wildman–Crippen MR) is 120 cm³/mol. The van der Waals surface area contributed by atoms with Crippen molar-refractivity contribution in [1.29, 1.82) is 0 Å². The Balaban J connectivity index is 1.34. The number of tetrazole rings is 1. The molecule has 2 aromatic carbocycles. The van der Waals surface area contributed by atoms with Crippen molar-refractivity contribution >= 4 is 39.3 Å². The van der Waals surface area contributed by atoms with Crippen LogP contribution in [0.25, 0.3) is 11.4 Å². The number of rotatable bonds is 7. The van der Waals surface area contributed by atoms with Gasteiger partial charge in [-0.25, -0.2) is 4.98 Å². The van der Waals surface area contributed by atoms with Gasteiger partial charge in [0, 0.05) is 27.7 Å². The highest BCUT2D eigenvalue weighted by molar-refractivity contribution is 9.10. The van der Waals surface area contributed by atoms with E-state index in [1.807, 2.05) is 66.7 Å². The average Bonchev–Trinajstić information content (AvgIpc) is 3.22. The molecule has 0 aliphatic heterocycles. The molecule has 4 aromatic rings. The van der Waals surface area contributed by atoms with E-state index in [0.29, 0.717) is 5.82 Å². The number of hydrogen-bond acceptors (Lipinski definition) is 6. The number of thioether (sulfide) groups is 1. The third kappa shape index (κ3) is 5.52. The summed E-state index contributed by atoms with van der Waals surface area (Å²) in [4.78, 5) is 18.0. The Hall–Kier alpha value is -3.04. The van der Waals surface area contributed by atoms with E-state index < -0.39 is 0 Å². The second kappa shape index (κ2) is 9.64. The molecule has 0 unspecified atom stereocenters. The van der Waals surface area contributed by atoms with Crippen molar-refractivity contribution in [3.63, 3.8) is 0 Å². The van der Waals surface area contributed by atoms with Crippen molar-refractivity contribution in [2.75, 3.05) is 5.32 Å². The van der Waals surface area contributed by atoms with E-state index in [1.54, 1.807) is 18.0 Å². The van der Waals surface area contributed by atoms with Crippen LogP contribution >= 0.6 is 27.7 Å². The zero-order valence-electron chi connectivity index (χ0n) is 15.8. The monoisotopic (exact) mass is 480 g/mol. The van der Waals surface area contributed by atoms with Crippen molar-refractivity contribution < 1.29 is 4.79 Å². The number of carbonyl (C=O) groups is 1. The summed E-state index contributed by atoms with van der Waals surface area (Å²) in [5.74, 6) is 1.02. The lowest BCUT2D eigenvalue weighted by Crippen LogP contribution is -2.20. The number of nitrogens with zero attached hydrogens (tertiary/aromatic N) is 5. The summed E-state index contributed by atoms with van der Waals surface area (Å²) in [6, 6.07) is 21.2. The average molecular weight is 481 g/mol. The molecule has 4 rings (SSSR count). The topological polar surface area (TPSA) is 85.6 Å². The second-order valence-corrected chi connectivity index (χ2v) is 8.27. The number of carbonyl (C=O) groups excluding carboxylic acids is 1. The molecule has 0 saturated heterocycles. The lowest BCUT2D eigenvalue weighted by molar-refractivity contribution is -0.117. The Kier molecular flexibility index (Phi) is 6.50. The van der Waals surface area contributed by atoms with Gasteiger partial charge in [0.05, 0.1) is 5.03 Å². The summed E-state index contributed by atoms with van der Waals surface area (Å²) in [5, 5.41) is 16.1. The number of amides is 1. The van der Waals surface area contributed by atoms with Crippen LogP contribution in [-0.4, -0.2) is 31.1 Å². The molecule has 0 saturated carbocycles. The van der Waals surface area contributed by atoms with Crippen molar-refractivity contribution in [3.8, 4) is 11.4 Å². The van der Waals surface area contributed by atoms with Crippen LogP contribution in [0.1, 0.15) is 5.56 Å². The zero-order valence-corrected chi connectivity index (χ0v) is 18.2. The van der Waals surface area contributed by atoms with E-state index in [9.17, 15) is 4.79 Å². The molecule has 7 nitrogen and oxygen atoms in total. The molecule has 0 spiro atoms. The molecule has 1 N–H and O–H groups in total. The van der Waals surface area contributed by atoms with Crippen LogP contribution in [0.5, 0.6) is 0 Å². The van der Waals surface area contributed by atoms with Gasteiger partial charge in [0.25, 0.3) is 0 Å². The Morgan fingerprint density at radius 3 is 2.73 bits per heavy atom. The van der Waals surface area contributed by atoms with Crippen molar-refractivity contribution in [2.24, 2.45) is 0 Å². The standard InChI is InChI=1S/C21H17BrN6OS/c22-17-9-7-16(8-10-17)21-25-27-28(26-21)13-19(29)24-18-5-3-4-15(12-18)14-30-20-6-1-2-11-23-20/h1-12H,13-14H2,(H,24,29). The van der Waals surface area contributed by atoms with E-state index in [-0.39, 0.29) is 12.5 Å². The first-order chi connectivity index (χ1) is 14.7. The van der Waals surface area contributed by atoms with Crippen molar-refractivity contribution in [3.05, 3.63) is 83.0 Å². The Morgan fingerprint density at radius 2 is 1.93 bits per heavy atom. The SMILES string of the molecule is O=C(Cn1nnc(-c2ccc(Br)cc2)n1)Nc1cccc(CSc2ccccn2)c1. The van der Waals surface area contributed by atoms with E-state index in [2.05, 4.69) is 41.6 Å². The molecule has 2 aromatic heterocycles. The zero-order chi connectivity index (χ0) is 20.8. The van der Waals surface area contributed by atoms with Gasteiger partial charge in [-0.15, -0.1) is 22.0 Å². The lowest BCUT2D eigenvalue weighted by Gasteiger charge is -2.07. The molecule has 0 radical (unpaired) electrons. The van der Waals surface area contributed by atoms with Crippen LogP contribution < -0.4 is 5.32 Å². The first-order valence-corrected chi connectivity index (χ1v) is 10.9. The van der Waals surface area contributed by atoms with Crippen LogP contribution in [0.15, 0.2) is 82.4 Å². The molecule has 0 fully saturated rings. The summed E-state index contributed by atoms with van der Waals surface area (Å²) in [5.41, 5.74) is 2.66. The number of halogens is 1. The van der Waals surface area contributed by atoms with Gasteiger partial charge in [-0.2, -0.15) is 4.80 Å². The van der Waals surface area contributed by atoms with Crippen molar-refractivity contribution in [1.82, 2.24) is 25.2 Å². The van der Waals surface area contributed by atoms with Crippen LogP contribution in [-0.2, 0) is 17.1 Å². The summed E-state index contributed by atoms with van der Waals surface area (Å²) in [6.07, 6.45) is 1.78. The van der Waals surface area contributed by atoms with Gasteiger partial charge in [0.2, 0.25) is 11.7 Å². The van der Waals surface area contributed by atoms with E-state index in [4.69, 9.17) is 0 Å². The molecule has 150 valence electrons. The highest BCUT2D eigenvalue weighted by Crippen LogP contribution is 2.22. The molecule has 0 bridgehead atoms. The largest absolute Gasteiger partial charge is 0.324 e. The molecule has 0 aliphatic rings. The minimum Gasteiger partial charge on any atom is -0.324 e. The molecule has 0 aliphatic carbocycles. The van der Waals surface area contributed by atoms with Gasteiger partial charge in [-0.05, 0) is 59.3 Å². The third-order valence-electron chi connectivity index (χ3n) is 4.08. The fourth-order valence-electron chi connectivity index (χ4n) is 2.68. The summed E-state index contributed by atoms with van der Waals surface area (Å²) >= 11 is 5.04. The number of benzene rings is 2. The fraction of sp³-hybridized carbons (Fsp3) is 0.0952. The van der Waals surface area contributed by atoms with Gasteiger partial charge in [0.1, 0.15) is 6.54 Å². The van der Waals surface area contributed by atoms with Crippen LogP contribution in [0.3, 0.4) is 0 Å². The highest BCUT2D eigenvalue weighted by Gasteiger charge is 2.10. The Labute approximate surface area is 186 Å². The number of anilines is 1. The fourth-order valence-corrected chi connectivity index (χ4v) is 3.75. The van der Waals surface area contributed by atoms with Crippen LogP contribution in [0, 0.1) is 0 Å². The number of nitrogens with one attached hydrogen (secondary N) is 1. The molecular weight excluding hydrogens is 464 g/mol. The van der Waals surface area contributed by atoms with E-state index >= 15 is 0 Å². The smallest absolute Gasteiger partial charge is 0.248 e. The van der Waals surface area contributed by atoms with Gasteiger partial charge >= 0.3 is 0 Å².